The lowest BCUT2D eigenvalue weighted by Crippen LogP contribution is -2.27. The van der Waals surface area contributed by atoms with Crippen molar-refractivity contribution in [2.45, 2.75) is 91.1 Å². The van der Waals surface area contributed by atoms with E-state index in [2.05, 4.69) is 59.7 Å². The van der Waals surface area contributed by atoms with E-state index in [4.69, 9.17) is 9.47 Å². The zero-order valence-electron chi connectivity index (χ0n) is 29.5. The van der Waals surface area contributed by atoms with Gasteiger partial charge in [-0.3, -0.25) is 0 Å². The minimum Gasteiger partial charge on any atom is -0.507 e. The van der Waals surface area contributed by atoms with E-state index in [9.17, 15) is 30.6 Å². The Morgan fingerprint density at radius 1 is 0.438 bits per heavy atom. The molecule has 0 heterocycles. The molecule has 8 nitrogen and oxygen atoms in total. The number of benzene rings is 4. The fourth-order valence-corrected chi connectivity index (χ4v) is 6.36. The van der Waals surface area contributed by atoms with Gasteiger partial charge in [-0.1, -0.05) is 65.8 Å². The molecule has 0 saturated heterocycles. The number of ether oxygens (including phenoxy) is 2. The summed E-state index contributed by atoms with van der Waals surface area (Å²) in [4.78, 5) is 0. The summed E-state index contributed by atoms with van der Waals surface area (Å²) >= 11 is 0. The normalized spacial score (nSPS) is 12.4. The number of aliphatic hydroxyl groups is 4. The molecule has 0 aromatic heterocycles. The van der Waals surface area contributed by atoms with Crippen molar-refractivity contribution in [3.63, 3.8) is 0 Å². The number of rotatable bonds is 12. The summed E-state index contributed by atoms with van der Waals surface area (Å²) in [7, 11) is 3.10. The Kier molecular flexibility index (Phi) is 10.6. The monoisotopic (exact) mass is 658 g/mol. The molecule has 0 amide bonds. The van der Waals surface area contributed by atoms with Gasteiger partial charge in [-0.15, -0.1) is 0 Å². The minimum atomic E-state index is -0.664. The molecule has 8 heteroatoms. The Bertz CT molecular complexity index is 1510. The summed E-state index contributed by atoms with van der Waals surface area (Å²) in [5.74, 6) is 0.731. The van der Waals surface area contributed by atoms with Crippen molar-refractivity contribution in [3.05, 3.63) is 116 Å². The molecule has 0 saturated carbocycles. The van der Waals surface area contributed by atoms with E-state index in [0.29, 0.717) is 22.4 Å². The summed E-state index contributed by atoms with van der Waals surface area (Å²) in [6, 6.07) is 17.6. The second kappa shape index (κ2) is 13.8. The van der Waals surface area contributed by atoms with Crippen LogP contribution >= 0.6 is 0 Å². The van der Waals surface area contributed by atoms with Gasteiger partial charge in [-0.2, -0.15) is 0 Å². The maximum absolute atomic E-state index is 10.6. The highest BCUT2D eigenvalue weighted by Crippen LogP contribution is 2.45. The van der Waals surface area contributed by atoms with Gasteiger partial charge in [0.25, 0.3) is 0 Å². The van der Waals surface area contributed by atoms with E-state index in [-0.39, 0.29) is 43.7 Å². The van der Waals surface area contributed by atoms with Crippen LogP contribution in [0.25, 0.3) is 0 Å². The molecule has 4 aromatic rings. The highest BCUT2D eigenvalue weighted by Gasteiger charge is 2.34. The number of methoxy groups -OCH3 is 2. The maximum atomic E-state index is 10.6. The van der Waals surface area contributed by atoms with Crippen LogP contribution in [0.3, 0.4) is 0 Å². The van der Waals surface area contributed by atoms with Gasteiger partial charge < -0.3 is 40.1 Å². The van der Waals surface area contributed by atoms with Crippen molar-refractivity contribution in [2.24, 2.45) is 0 Å². The van der Waals surface area contributed by atoms with Crippen LogP contribution in [0.4, 0.5) is 0 Å². The Balaban J connectivity index is 2.06. The highest BCUT2D eigenvalue weighted by molar-refractivity contribution is 5.57. The third kappa shape index (κ3) is 6.50. The van der Waals surface area contributed by atoms with Gasteiger partial charge in [-0.25, -0.2) is 0 Å². The topological polar surface area (TPSA) is 140 Å². The molecule has 0 aliphatic rings. The number of hydrogen-bond acceptors (Lipinski definition) is 8. The number of phenols is 2. The van der Waals surface area contributed by atoms with Crippen LogP contribution in [0, 0.1) is 6.92 Å². The third-order valence-corrected chi connectivity index (χ3v) is 10.3. The van der Waals surface area contributed by atoms with Crippen LogP contribution in [-0.2, 0) is 42.7 Å². The van der Waals surface area contributed by atoms with Gasteiger partial charge in [0.2, 0.25) is 0 Å². The van der Waals surface area contributed by atoms with Gasteiger partial charge in [0, 0.05) is 32.9 Å². The molecule has 258 valence electrons. The smallest absolute Gasteiger partial charge is 0.163 e. The van der Waals surface area contributed by atoms with E-state index < -0.39 is 16.2 Å². The van der Waals surface area contributed by atoms with Gasteiger partial charge in [0.15, 0.2) is 11.5 Å². The van der Waals surface area contributed by atoms with Crippen LogP contribution in [0.1, 0.15) is 103 Å². The average molecular weight is 659 g/mol. The molecule has 0 aliphatic heterocycles. The SMILES string of the molecule is COc1cc(C(C)(C)c2cc(C(C)(C)c3cc(CO)c(O)c(CO)c3)cc(C(C)(C)c3cc(CO)c(O)c(OC)c3)c2)cc(CO)c1C. The Morgan fingerprint density at radius 2 is 0.729 bits per heavy atom. The Morgan fingerprint density at radius 3 is 1.08 bits per heavy atom. The predicted octanol–water partition coefficient (Wildman–Crippen LogP) is 6.37. The molecular weight excluding hydrogens is 608 g/mol. The largest absolute Gasteiger partial charge is 0.507 e. The van der Waals surface area contributed by atoms with Crippen molar-refractivity contribution in [1.82, 2.24) is 0 Å². The number of aliphatic hydroxyl groups excluding tert-OH is 4. The first-order valence-electron chi connectivity index (χ1n) is 16.0. The predicted molar refractivity (Wildman–Crippen MR) is 187 cm³/mol. The van der Waals surface area contributed by atoms with Crippen molar-refractivity contribution in [1.29, 1.82) is 0 Å². The van der Waals surface area contributed by atoms with Crippen molar-refractivity contribution < 1.29 is 40.1 Å². The lowest BCUT2D eigenvalue weighted by molar-refractivity contribution is 0.263. The van der Waals surface area contributed by atoms with Crippen molar-refractivity contribution in [2.75, 3.05) is 14.2 Å². The first-order chi connectivity index (χ1) is 22.5. The lowest BCUT2D eigenvalue weighted by atomic mass is 9.68. The molecular formula is C40H50O8. The Labute approximate surface area is 283 Å². The molecule has 0 spiro atoms. The first kappa shape index (κ1) is 36.8. The average Bonchev–Trinajstić information content (AvgIpc) is 3.07. The standard InChI is InChI=1S/C40H50O8/c1-23-24(19-41)10-29(17-34(23)47-8)39(4,5)32-14-31(38(2,3)28-11-25(20-42)36(45)26(12-28)21-43)15-33(16-32)40(6,7)30-13-27(22-44)37(46)35(18-30)48-9/h10-18,41-46H,19-22H2,1-9H3. The zero-order valence-corrected chi connectivity index (χ0v) is 29.5. The van der Waals surface area contributed by atoms with Crippen LogP contribution < -0.4 is 9.47 Å². The van der Waals surface area contributed by atoms with Crippen LogP contribution in [0.15, 0.2) is 54.6 Å². The minimum absolute atomic E-state index is 0.101. The molecule has 0 radical (unpaired) electrons. The fourth-order valence-electron chi connectivity index (χ4n) is 6.36. The number of aromatic hydroxyl groups is 2. The molecule has 4 rings (SSSR count). The molecule has 48 heavy (non-hydrogen) atoms. The highest BCUT2D eigenvalue weighted by atomic mass is 16.5. The quantitative estimate of drug-likeness (QED) is 0.103. The summed E-state index contributed by atoms with van der Waals surface area (Å²) in [5, 5.41) is 61.6. The van der Waals surface area contributed by atoms with Crippen molar-refractivity contribution >= 4 is 0 Å². The molecule has 4 aromatic carbocycles. The zero-order chi connectivity index (χ0) is 35.8. The van der Waals surface area contributed by atoms with Gasteiger partial charge in [0.1, 0.15) is 11.5 Å². The molecule has 6 N–H and O–H groups in total. The maximum Gasteiger partial charge on any atom is 0.163 e. The second-order valence-electron chi connectivity index (χ2n) is 14.1. The summed E-state index contributed by atoms with van der Waals surface area (Å²) in [6.45, 7) is 13.2. The van der Waals surface area contributed by atoms with Crippen LogP contribution in [0.2, 0.25) is 0 Å². The first-order valence-corrected chi connectivity index (χ1v) is 16.0. The van der Waals surface area contributed by atoms with E-state index in [0.717, 1.165) is 44.5 Å². The molecule has 0 bridgehead atoms. The number of hydrogen-bond donors (Lipinski definition) is 6. The summed E-state index contributed by atoms with van der Waals surface area (Å²) < 4.78 is 11.2. The second-order valence-corrected chi connectivity index (χ2v) is 14.1. The third-order valence-electron chi connectivity index (χ3n) is 10.3. The van der Waals surface area contributed by atoms with Gasteiger partial charge >= 0.3 is 0 Å². The van der Waals surface area contributed by atoms with Gasteiger partial charge in [-0.05, 0) is 81.8 Å². The fraction of sp³-hybridized carbons (Fsp3) is 0.400. The van der Waals surface area contributed by atoms with E-state index in [1.165, 1.54) is 7.11 Å². The molecule has 0 atom stereocenters. The lowest BCUT2D eigenvalue weighted by Gasteiger charge is -2.36. The molecule has 0 aliphatic carbocycles. The molecule has 0 unspecified atom stereocenters. The Hall–Kier alpha value is -4.08. The van der Waals surface area contributed by atoms with Gasteiger partial charge in [0.05, 0.1) is 40.6 Å². The van der Waals surface area contributed by atoms with E-state index >= 15 is 0 Å². The van der Waals surface area contributed by atoms with E-state index in [1.54, 1.807) is 31.4 Å². The summed E-state index contributed by atoms with van der Waals surface area (Å²) in [5.41, 5.74) is 6.27. The van der Waals surface area contributed by atoms with E-state index in [1.807, 2.05) is 19.1 Å². The van der Waals surface area contributed by atoms with Crippen molar-refractivity contribution in [3.8, 4) is 23.0 Å². The van der Waals surface area contributed by atoms with Crippen LogP contribution in [0.5, 0.6) is 23.0 Å². The summed E-state index contributed by atoms with van der Waals surface area (Å²) in [6.07, 6.45) is 0. The van der Waals surface area contributed by atoms with Crippen LogP contribution in [-0.4, -0.2) is 44.9 Å². The molecule has 0 fully saturated rings.